The van der Waals surface area contributed by atoms with E-state index < -0.39 is 48.8 Å². The van der Waals surface area contributed by atoms with E-state index in [2.05, 4.69) is 20.1 Å². The van der Waals surface area contributed by atoms with Crippen LogP contribution in [0.4, 0.5) is 26.7 Å². The SMILES string of the molecule is CCC(C)C(NC(=O)OC)C(=O)NC(CC(C)C)C(=O)OCC(F)(F)C(F)(F)F. The first kappa shape index (κ1) is 26.9. The van der Waals surface area contributed by atoms with E-state index in [0.717, 1.165) is 7.11 Å². The lowest BCUT2D eigenvalue weighted by Gasteiger charge is -2.27. The van der Waals surface area contributed by atoms with Gasteiger partial charge < -0.3 is 20.1 Å². The fourth-order valence-electron chi connectivity index (χ4n) is 2.18. The Morgan fingerprint density at radius 1 is 1.00 bits per heavy atom. The number of halogens is 5. The quantitative estimate of drug-likeness (QED) is 0.407. The molecule has 0 aromatic rings. The largest absolute Gasteiger partial charge is 0.457 e. The second-order valence-electron chi connectivity index (χ2n) is 7.00. The second-order valence-corrected chi connectivity index (χ2v) is 7.00. The monoisotopic (exact) mass is 434 g/mol. The molecule has 0 spiro atoms. The van der Waals surface area contributed by atoms with Crippen molar-refractivity contribution in [1.82, 2.24) is 10.6 Å². The zero-order valence-electron chi connectivity index (χ0n) is 16.9. The predicted molar refractivity (Wildman–Crippen MR) is 92.1 cm³/mol. The molecule has 0 bridgehead atoms. The van der Waals surface area contributed by atoms with Crippen molar-refractivity contribution in [3.63, 3.8) is 0 Å². The van der Waals surface area contributed by atoms with Crippen LogP contribution in [0.1, 0.15) is 40.5 Å². The lowest BCUT2D eigenvalue weighted by atomic mass is 9.97. The summed E-state index contributed by atoms with van der Waals surface area (Å²) in [6, 6.07) is -2.59. The summed E-state index contributed by atoms with van der Waals surface area (Å²) in [5.41, 5.74) is 0. The van der Waals surface area contributed by atoms with Crippen molar-refractivity contribution in [3.8, 4) is 0 Å². The first-order chi connectivity index (χ1) is 13.2. The molecule has 0 aromatic carbocycles. The Hall–Kier alpha value is -2.14. The molecule has 29 heavy (non-hydrogen) atoms. The third kappa shape index (κ3) is 8.82. The van der Waals surface area contributed by atoms with Gasteiger partial charge in [-0.15, -0.1) is 0 Å². The number of alkyl carbamates (subject to hydrolysis) is 1. The fourth-order valence-corrected chi connectivity index (χ4v) is 2.18. The van der Waals surface area contributed by atoms with Gasteiger partial charge in [0.2, 0.25) is 5.91 Å². The van der Waals surface area contributed by atoms with E-state index in [-0.39, 0.29) is 18.3 Å². The molecule has 0 heterocycles. The van der Waals surface area contributed by atoms with Crippen molar-refractivity contribution in [2.24, 2.45) is 11.8 Å². The number of hydrogen-bond acceptors (Lipinski definition) is 5. The maximum atomic E-state index is 13.0. The van der Waals surface area contributed by atoms with Gasteiger partial charge in [0.1, 0.15) is 12.1 Å². The number of alkyl halides is 5. The van der Waals surface area contributed by atoms with Crippen LogP contribution in [0.15, 0.2) is 0 Å². The van der Waals surface area contributed by atoms with Crippen molar-refractivity contribution in [3.05, 3.63) is 0 Å². The highest BCUT2D eigenvalue weighted by atomic mass is 19.4. The summed E-state index contributed by atoms with van der Waals surface area (Å²) in [5, 5.41) is 4.55. The van der Waals surface area contributed by atoms with E-state index in [0.29, 0.717) is 6.42 Å². The zero-order chi connectivity index (χ0) is 23.0. The highest BCUT2D eigenvalue weighted by Crippen LogP contribution is 2.35. The molecule has 0 rings (SSSR count). The number of nitrogens with one attached hydrogen (secondary N) is 2. The number of ether oxygens (including phenoxy) is 2. The van der Waals surface area contributed by atoms with Crippen LogP contribution in [0.2, 0.25) is 0 Å². The van der Waals surface area contributed by atoms with E-state index >= 15 is 0 Å². The van der Waals surface area contributed by atoms with E-state index in [9.17, 15) is 36.3 Å². The molecule has 2 amide bonds. The molecule has 12 heteroatoms. The van der Waals surface area contributed by atoms with Crippen LogP contribution in [-0.4, -0.2) is 55.9 Å². The number of rotatable bonds is 10. The van der Waals surface area contributed by atoms with Crippen LogP contribution in [0.5, 0.6) is 0 Å². The molecule has 170 valence electrons. The van der Waals surface area contributed by atoms with Crippen LogP contribution < -0.4 is 10.6 Å². The van der Waals surface area contributed by atoms with E-state index in [1.807, 2.05) is 0 Å². The van der Waals surface area contributed by atoms with Crippen molar-refractivity contribution < 1.29 is 45.8 Å². The molecule has 0 saturated heterocycles. The average Bonchev–Trinajstić information content (AvgIpc) is 2.61. The van der Waals surface area contributed by atoms with Crippen LogP contribution in [0, 0.1) is 11.8 Å². The van der Waals surface area contributed by atoms with Crippen molar-refractivity contribution in [1.29, 1.82) is 0 Å². The normalized spacial score (nSPS) is 15.3. The van der Waals surface area contributed by atoms with Crippen LogP contribution in [-0.2, 0) is 19.1 Å². The number of carbonyl (C=O) groups is 3. The molecule has 0 aromatic heterocycles. The van der Waals surface area contributed by atoms with Crippen molar-refractivity contribution in [2.45, 2.75) is 64.7 Å². The van der Waals surface area contributed by atoms with Crippen LogP contribution in [0.25, 0.3) is 0 Å². The van der Waals surface area contributed by atoms with Gasteiger partial charge in [0.05, 0.1) is 7.11 Å². The summed E-state index contributed by atoms with van der Waals surface area (Å²) in [4.78, 5) is 36.1. The van der Waals surface area contributed by atoms with Crippen LogP contribution >= 0.6 is 0 Å². The minimum atomic E-state index is -5.88. The number of methoxy groups -OCH3 is 1. The molecule has 0 saturated carbocycles. The van der Waals surface area contributed by atoms with Gasteiger partial charge in [0.15, 0.2) is 6.61 Å². The molecule has 3 unspecified atom stereocenters. The third-order valence-electron chi connectivity index (χ3n) is 4.07. The second kappa shape index (κ2) is 11.1. The van der Waals surface area contributed by atoms with Gasteiger partial charge in [-0.2, -0.15) is 22.0 Å². The summed E-state index contributed by atoms with van der Waals surface area (Å²) in [6.45, 7) is 4.48. The molecule has 0 radical (unpaired) electrons. The molecular weight excluding hydrogens is 407 g/mol. The van der Waals surface area contributed by atoms with Gasteiger partial charge in [-0.1, -0.05) is 34.1 Å². The summed E-state index contributed by atoms with van der Waals surface area (Å²) >= 11 is 0. The highest BCUT2D eigenvalue weighted by molar-refractivity contribution is 5.89. The highest BCUT2D eigenvalue weighted by Gasteiger charge is 2.58. The Balaban J connectivity index is 5.32. The predicted octanol–water partition coefficient (Wildman–Crippen LogP) is 3.03. The zero-order valence-corrected chi connectivity index (χ0v) is 16.9. The van der Waals surface area contributed by atoms with Crippen molar-refractivity contribution >= 4 is 18.0 Å². The van der Waals surface area contributed by atoms with Gasteiger partial charge in [-0.3, -0.25) is 4.79 Å². The smallest absolute Gasteiger partial charge is 0.456 e. The summed E-state index contributed by atoms with van der Waals surface area (Å²) in [7, 11) is 1.08. The third-order valence-corrected chi connectivity index (χ3v) is 4.07. The Morgan fingerprint density at radius 2 is 1.55 bits per heavy atom. The molecule has 3 atom stereocenters. The Bertz CT molecular complexity index is 569. The number of amides is 2. The molecule has 2 N–H and O–H groups in total. The standard InChI is InChI=1S/C17H27F5N2O5/c1-6-10(4)12(24-15(27)28-5)13(25)23-11(7-9(2)3)14(26)29-8-16(18,19)17(20,21)22/h9-12H,6-8H2,1-5H3,(H,23,25)(H,24,27). The van der Waals surface area contributed by atoms with E-state index in [4.69, 9.17) is 0 Å². The Morgan fingerprint density at radius 3 is 1.97 bits per heavy atom. The molecule has 0 aliphatic carbocycles. The minimum absolute atomic E-state index is 0.0758. The summed E-state index contributed by atoms with van der Waals surface area (Å²) < 4.78 is 71.2. The number of carbonyl (C=O) groups excluding carboxylic acids is 3. The maximum Gasteiger partial charge on any atom is 0.456 e. The summed E-state index contributed by atoms with van der Waals surface area (Å²) in [6.07, 6.45) is -6.40. The van der Waals surface area contributed by atoms with Gasteiger partial charge >= 0.3 is 24.2 Å². The van der Waals surface area contributed by atoms with Gasteiger partial charge in [0, 0.05) is 0 Å². The molecule has 0 aliphatic rings. The fraction of sp³-hybridized carbons (Fsp3) is 0.824. The van der Waals surface area contributed by atoms with Gasteiger partial charge in [0.25, 0.3) is 0 Å². The molecule has 0 fully saturated rings. The van der Waals surface area contributed by atoms with Crippen molar-refractivity contribution in [2.75, 3.05) is 13.7 Å². The minimum Gasteiger partial charge on any atom is -0.457 e. The average molecular weight is 434 g/mol. The topological polar surface area (TPSA) is 93.7 Å². The van der Waals surface area contributed by atoms with Crippen LogP contribution in [0.3, 0.4) is 0 Å². The first-order valence-electron chi connectivity index (χ1n) is 8.92. The lowest BCUT2D eigenvalue weighted by Crippen LogP contribution is -2.55. The molecule has 7 nitrogen and oxygen atoms in total. The maximum absolute atomic E-state index is 13.0. The molecular formula is C17H27F5N2O5. The van der Waals surface area contributed by atoms with E-state index in [1.165, 1.54) is 0 Å². The Kier molecular flexibility index (Phi) is 10.3. The number of esters is 1. The Labute approximate surface area is 165 Å². The summed E-state index contributed by atoms with van der Waals surface area (Å²) in [5.74, 6) is -8.10. The van der Waals surface area contributed by atoms with Gasteiger partial charge in [-0.25, -0.2) is 9.59 Å². The van der Waals surface area contributed by atoms with E-state index in [1.54, 1.807) is 27.7 Å². The van der Waals surface area contributed by atoms with Gasteiger partial charge in [-0.05, 0) is 18.3 Å². The molecule has 0 aliphatic heterocycles. The number of hydrogen-bond donors (Lipinski definition) is 2. The lowest BCUT2D eigenvalue weighted by molar-refractivity contribution is -0.294. The first-order valence-corrected chi connectivity index (χ1v) is 8.92.